The summed E-state index contributed by atoms with van der Waals surface area (Å²) in [4.78, 5) is 12.1. The zero-order chi connectivity index (χ0) is 14.4. The van der Waals surface area contributed by atoms with Crippen LogP contribution in [0.4, 0.5) is 0 Å². The van der Waals surface area contributed by atoms with Gasteiger partial charge >= 0.3 is 5.97 Å². The summed E-state index contributed by atoms with van der Waals surface area (Å²) in [7, 11) is 0. The Morgan fingerprint density at radius 2 is 1.79 bits per heavy atom. The summed E-state index contributed by atoms with van der Waals surface area (Å²) in [5.41, 5.74) is 0. The molecule has 0 bridgehead atoms. The average Bonchev–Trinajstić information content (AvgIpc) is 2.35. The molecule has 1 saturated heterocycles. The van der Waals surface area contributed by atoms with E-state index in [-0.39, 0.29) is 19.6 Å². The van der Waals surface area contributed by atoms with Crippen molar-refractivity contribution >= 4 is 5.97 Å². The van der Waals surface area contributed by atoms with Crippen LogP contribution >= 0.6 is 0 Å². The number of β-amino-alcohol motifs (C(OH)–C–C–N with tert-alkyl or cyclic N) is 1. The minimum Gasteiger partial charge on any atom is -0.481 e. The predicted octanol–water partition coefficient (Wildman–Crippen LogP) is -1.61. The Morgan fingerprint density at radius 3 is 2.37 bits per heavy atom. The Balaban J connectivity index is 2.36. The Labute approximate surface area is 112 Å². The monoisotopic (exact) mass is 277 g/mol. The number of carboxylic acid groups (broad SMARTS) is 1. The number of carbonyl (C=O) groups is 1. The van der Waals surface area contributed by atoms with Crippen LogP contribution in [0.2, 0.25) is 0 Å². The van der Waals surface area contributed by atoms with Crippen molar-refractivity contribution in [1.29, 1.82) is 0 Å². The van der Waals surface area contributed by atoms with Crippen molar-refractivity contribution in [1.82, 2.24) is 4.90 Å². The van der Waals surface area contributed by atoms with Crippen molar-refractivity contribution in [3.05, 3.63) is 0 Å². The van der Waals surface area contributed by atoms with Crippen LogP contribution in [0.1, 0.15) is 25.7 Å². The average molecular weight is 277 g/mol. The molecule has 5 N–H and O–H groups in total. The lowest BCUT2D eigenvalue weighted by Crippen LogP contribution is -2.62. The Morgan fingerprint density at radius 1 is 1.11 bits per heavy atom. The van der Waals surface area contributed by atoms with E-state index in [2.05, 4.69) is 0 Å². The van der Waals surface area contributed by atoms with Gasteiger partial charge in [-0.25, -0.2) is 0 Å². The lowest BCUT2D eigenvalue weighted by molar-refractivity contribution is -0.145. The number of hydrogen-bond donors (Lipinski definition) is 5. The second kappa shape index (κ2) is 7.76. The molecule has 0 spiro atoms. The smallest absolute Gasteiger partial charge is 0.303 e. The highest BCUT2D eigenvalue weighted by molar-refractivity contribution is 5.66. The fourth-order valence-electron chi connectivity index (χ4n) is 2.40. The van der Waals surface area contributed by atoms with Crippen LogP contribution in [0.3, 0.4) is 0 Å². The molecule has 7 nitrogen and oxygen atoms in total. The molecule has 4 atom stereocenters. The minimum atomic E-state index is -1.24. The number of aliphatic hydroxyl groups is 4. The number of likely N-dealkylation sites (tertiary alicyclic amines) is 1. The minimum absolute atomic E-state index is 0.132. The molecule has 2 unspecified atom stereocenters. The molecule has 1 rings (SSSR count). The number of aliphatic hydroxyl groups excluding tert-OH is 4. The first-order valence-corrected chi connectivity index (χ1v) is 6.58. The number of aliphatic carboxylic acids is 1. The SMILES string of the molecule is O=C(O)CCCCCN1CC(O)[C@@H](O)[C@@H](O)C1CO. The number of nitrogens with zero attached hydrogens (tertiary/aromatic N) is 1. The van der Waals surface area contributed by atoms with E-state index < -0.39 is 30.3 Å². The van der Waals surface area contributed by atoms with Gasteiger partial charge in [-0.05, 0) is 19.4 Å². The first kappa shape index (κ1) is 16.3. The van der Waals surface area contributed by atoms with E-state index in [1.807, 2.05) is 0 Å². The first-order valence-electron chi connectivity index (χ1n) is 6.58. The molecule has 1 heterocycles. The van der Waals surface area contributed by atoms with Gasteiger partial charge in [0.15, 0.2) is 0 Å². The normalized spacial score (nSPS) is 32.4. The second-order valence-corrected chi connectivity index (χ2v) is 5.00. The molecule has 1 aliphatic rings. The number of rotatable bonds is 7. The third kappa shape index (κ3) is 4.70. The van der Waals surface area contributed by atoms with Crippen LogP contribution in [-0.2, 0) is 4.79 Å². The summed E-state index contributed by atoms with van der Waals surface area (Å²) in [6.45, 7) is 0.453. The van der Waals surface area contributed by atoms with E-state index in [0.29, 0.717) is 13.0 Å². The Kier molecular flexibility index (Phi) is 6.67. The summed E-state index contributed by atoms with van der Waals surface area (Å²) >= 11 is 0. The van der Waals surface area contributed by atoms with Gasteiger partial charge in [0.1, 0.15) is 12.2 Å². The van der Waals surface area contributed by atoms with Crippen molar-refractivity contribution in [3.63, 3.8) is 0 Å². The molecule has 0 amide bonds. The molecule has 0 aromatic carbocycles. The first-order chi connectivity index (χ1) is 8.97. The van der Waals surface area contributed by atoms with Crippen LogP contribution in [0.5, 0.6) is 0 Å². The highest BCUT2D eigenvalue weighted by Crippen LogP contribution is 2.19. The lowest BCUT2D eigenvalue weighted by atomic mass is 9.94. The van der Waals surface area contributed by atoms with Gasteiger partial charge in [-0.1, -0.05) is 6.42 Å². The van der Waals surface area contributed by atoms with Crippen molar-refractivity contribution in [2.75, 3.05) is 19.7 Å². The van der Waals surface area contributed by atoms with Gasteiger partial charge < -0.3 is 25.5 Å². The molecule has 7 heteroatoms. The number of piperidine rings is 1. The highest BCUT2D eigenvalue weighted by Gasteiger charge is 2.40. The summed E-state index contributed by atoms with van der Waals surface area (Å²) in [6.07, 6.45) is -1.27. The van der Waals surface area contributed by atoms with Crippen molar-refractivity contribution in [3.8, 4) is 0 Å². The fraction of sp³-hybridized carbons (Fsp3) is 0.917. The van der Waals surface area contributed by atoms with E-state index in [9.17, 15) is 25.2 Å². The molecule has 0 aromatic heterocycles. The quantitative estimate of drug-likeness (QED) is 0.355. The van der Waals surface area contributed by atoms with Gasteiger partial charge in [0.2, 0.25) is 0 Å². The molecule has 112 valence electrons. The number of unbranched alkanes of at least 4 members (excludes halogenated alkanes) is 2. The summed E-state index contributed by atoms with van der Waals surface area (Å²) < 4.78 is 0. The van der Waals surface area contributed by atoms with Crippen LogP contribution in [0, 0.1) is 0 Å². The topological polar surface area (TPSA) is 121 Å². The molecule has 0 aliphatic carbocycles. The molecule has 19 heavy (non-hydrogen) atoms. The molecule has 0 saturated carbocycles. The van der Waals surface area contributed by atoms with Gasteiger partial charge in [0, 0.05) is 13.0 Å². The van der Waals surface area contributed by atoms with Gasteiger partial charge in [0.25, 0.3) is 0 Å². The standard InChI is InChI=1S/C12H23NO6/c14-7-8-11(18)12(19)9(15)6-13(8)5-3-1-2-4-10(16)17/h8-9,11-12,14-15,18-19H,1-7H2,(H,16,17)/t8?,9?,11-,12+/m0/s1. The van der Waals surface area contributed by atoms with E-state index in [1.54, 1.807) is 4.90 Å². The Bertz CT molecular complexity index is 287. The van der Waals surface area contributed by atoms with E-state index in [4.69, 9.17) is 5.11 Å². The maximum atomic E-state index is 10.3. The highest BCUT2D eigenvalue weighted by atomic mass is 16.4. The van der Waals surface area contributed by atoms with Crippen molar-refractivity contribution < 1.29 is 30.3 Å². The third-order valence-corrected chi connectivity index (χ3v) is 3.55. The zero-order valence-corrected chi connectivity index (χ0v) is 10.9. The van der Waals surface area contributed by atoms with Gasteiger partial charge in [-0.2, -0.15) is 0 Å². The maximum absolute atomic E-state index is 10.3. The fourth-order valence-corrected chi connectivity index (χ4v) is 2.40. The number of hydrogen-bond acceptors (Lipinski definition) is 6. The summed E-state index contributed by atoms with van der Waals surface area (Å²) in [5, 5.41) is 46.6. The van der Waals surface area contributed by atoms with Crippen molar-refractivity contribution in [2.24, 2.45) is 0 Å². The van der Waals surface area contributed by atoms with Gasteiger partial charge in [0.05, 0.1) is 18.8 Å². The Hall–Kier alpha value is -0.730. The third-order valence-electron chi connectivity index (χ3n) is 3.55. The molecular formula is C12H23NO6. The van der Waals surface area contributed by atoms with Crippen LogP contribution in [-0.4, -0.2) is 80.5 Å². The van der Waals surface area contributed by atoms with E-state index in [0.717, 1.165) is 12.8 Å². The van der Waals surface area contributed by atoms with Gasteiger partial charge in [-0.15, -0.1) is 0 Å². The lowest BCUT2D eigenvalue weighted by Gasteiger charge is -2.43. The predicted molar refractivity (Wildman–Crippen MR) is 66.6 cm³/mol. The molecule has 1 aliphatic heterocycles. The molecule has 0 aromatic rings. The molecule has 0 radical (unpaired) electrons. The van der Waals surface area contributed by atoms with Crippen LogP contribution < -0.4 is 0 Å². The van der Waals surface area contributed by atoms with E-state index >= 15 is 0 Å². The van der Waals surface area contributed by atoms with Crippen LogP contribution in [0.15, 0.2) is 0 Å². The largest absolute Gasteiger partial charge is 0.481 e. The van der Waals surface area contributed by atoms with E-state index in [1.165, 1.54) is 0 Å². The van der Waals surface area contributed by atoms with Gasteiger partial charge in [-0.3, -0.25) is 9.69 Å². The molecular weight excluding hydrogens is 254 g/mol. The second-order valence-electron chi connectivity index (χ2n) is 5.00. The van der Waals surface area contributed by atoms with Crippen molar-refractivity contribution in [2.45, 2.75) is 50.0 Å². The molecule has 1 fully saturated rings. The summed E-state index contributed by atoms with van der Waals surface area (Å²) in [6, 6.07) is -0.585. The van der Waals surface area contributed by atoms with Crippen LogP contribution in [0.25, 0.3) is 0 Å². The maximum Gasteiger partial charge on any atom is 0.303 e. The summed E-state index contributed by atoms with van der Waals surface area (Å²) in [5.74, 6) is -0.819. The number of carboxylic acids is 1. The zero-order valence-electron chi connectivity index (χ0n) is 10.9.